The summed E-state index contributed by atoms with van der Waals surface area (Å²) in [5.41, 5.74) is 0.208. The van der Waals surface area contributed by atoms with Crippen LogP contribution in [0.4, 0.5) is 19.0 Å². The maximum Gasteiger partial charge on any atom is 0.416 e. The van der Waals surface area contributed by atoms with Crippen LogP contribution in [0.3, 0.4) is 0 Å². The van der Waals surface area contributed by atoms with E-state index in [2.05, 4.69) is 15.3 Å². The predicted octanol–water partition coefficient (Wildman–Crippen LogP) is 3.20. The van der Waals surface area contributed by atoms with Gasteiger partial charge in [-0.25, -0.2) is 4.79 Å². The van der Waals surface area contributed by atoms with Crippen molar-refractivity contribution in [2.24, 2.45) is 0 Å². The largest absolute Gasteiger partial charge is 0.416 e. The van der Waals surface area contributed by atoms with Crippen LogP contribution >= 0.6 is 0 Å². The quantitative estimate of drug-likeness (QED) is 0.850. The van der Waals surface area contributed by atoms with Crippen molar-refractivity contribution in [3.05, 3.63) is 45.9 Å². The van der Waals surface area contributed by atoms with Gasteiger partial charge in [-0.1, -0.05) is 12.1 Å². The van der Waals surface area contributed by atoms with Crippen molar-refractivity contribution in [2.75, 3.05) is 11.9 Å². The number of nitrogens with one attached hydrogen (secondary N) is 2. The fourth-order valence-corrected chi connectivity index (χ4v) is 2.62. The molecule has 1 aromatic carbocycles. The molecule has 0 amide bonds. The highest BCUT2D eigenvalue weighted by atomic mass is 19.4. The summed E-state index contributed by atoms with van der Waals surface area (Å²) in [4.78, 5) is 18.2. The third-order valence-corrected chi connectivity index (χ3v) is 3.66. The molecule has 0 spiro atoms. The van der Waals surface area contributed by atoms with Gasteiger partial charge in [-0.05, 0) is 37.0 Å². The number of fused-ring (bicyclic) bond motifs is 1. The van der Waals surface area contributed by atoms with Gasteiger partial charge in [0.1, 0.15) is 5.82 Å². The number of hydrogen-bond acceptors (Lipinski definition) is 3. The Morgan fingerprint density at radius 2 is 2.00 bits per heavy atom. The summed E-state index contributed by atoms with van der Waals surface area (Å²) in [6, 6.07) is 4.97. The first-order valence-electron chi connectivity index (χ1n) is 7.00. The molecule has 0 atom stereocenters. The third kappa shape index (κ3) is 2.84. The average molecular weight is 309 g/mol. The van der Waals surface area contributed by atoms with Crippen LogP contribution in [-0.4, -0.2) is 16.5 Å². The van der Waals surface area contributed by atoms with Gasteiger partial charge >= 0.3 is 11.9 Å². The molecule has 0 fully saturated rings. The Bertz CT molecular complexity index is 752. The number of aromatic nitrogens is 2. The van der Waals surface area contributed by atoms with Crippen LogP contribution in [-0.2, 0) is 12.6 Å². The first kappa shape index (κ1) is 14.6. The second-order valence-corrected chi connectivity index (χ2v) is 5.21. The summed E-state index contributed by atoms with van der Waals surface area (Å²) >= 11 is 0. The zero-order chi connectivity index (χ0) is 15.7. The second-order valence-electron chi connectivity index (χ2n) is 5.21. The van der Waals surface area contributed by atoms with Crippen LogP contribution < -0.4 is 11.0 Å². The molecular weight excluding hydrogens is 295 g/mol. The Hall–Kier alpha value is -2.31. The predicted molar refractivity (Wildman–Crippen MR) is 76.7 cm³/mol. The fourth-order valence-electron chi connectivity index (χ4n) is 2.62. The number of hydrogen-bond donors (Lipinski definition) is 2. The summed E-state index contributed by atoms with van der Waals surface area (Å²) < 4.78 is 38.6. The van der Waals surface area contributed by atoms with Gasteiger partial charge < -0.3 is 10.3 Å². The lowest BCUT2D eigenvalue weighted by Gasteiger charge is -2.13. The molecule has 7 heteroatoms. The van der Waals surface area contributed by atoms with E-state index in [-0.39, 0.29) is 0 Å². The maximum atomic E-state index is 12.9. The molecule has 1 aliphatic rings. The molecule has 0 saturated heterocycles. The lowest BCUT2D eigenvalue weighted by Crippen LogP contribution is -2.17. The van der Waals surface area contributed by atoms with E-state index in [1.165, 1.54) is 6.07 Å². The van der Waals surface area contributed by atoms with Crippen LogP contribution in [0, 0.1) is 0 Å². The van der Waals surface area contributed by atoms with E-state index in [0.29, 0.717) is 30.0 Å². The minimum Gasteiger partial charge on any atom is -0.370 e. The van der Waals surface area contributed by atoms with Gasteiger partial charge in [-0.15, -0.1) is 0 Å². The molecule has 2 N–H and O–H groups in total. The van der Waals surface area contributed by atoms with Crippen molar-refractivity contribution in [3.63, 3.8) is 0 Å². The normalized spacial score (nSPS) is 14.9. The SMILES string of the molecule is O=c1nc2c(c(-c3cccc(C(F)(F)F)c3)[nH]1)CCCCN2. The molecule has 1 aliphatic heterocycles. The maximum absolute atomic E-state index is 12.9. The van der Waals surface area contributed by atoms with E-state index in [4.69, 9.17) is 0 Å². The van der Waals surface area contributed by atoms with Gasteiger partial charge in [0.2, 0.25) is 0 Å². The Morgan fingerprint density at radius 3 is 2.77 bits per heavy atom. The van der Waals surface area contributed by atoms with E-state index in [1.807, 2.05) is 0 Å². The van der Waals surface area contributed by atoms with Gasteiger partial charge in [-0.2, -0.15) is 18.2 Å². The molecule has 4 nitrogen and oxygen atoms in total. The lowest BCUT2D eigenvalue weighted by molar-refractivity contribution is -0.137. The second kappa shape index (κ2) is 5.47. The monoisotopic (exact) mass is 309 g/mol. The summed E-state index contributed by atoms with van der Waals surface area (Å²) in [7, 11) is 0. The Kier molecular flexibility index (Phi) is 3.64. The molecule has 2 heterocycles. The summed E-state index contributed by atoms with van der Waals surface area (Å²) in [6.45, 7) is 0.700. The molecule has 0 saturated carbocycles. The molecule has 0 aliphatic carbocycles. The van der Waals surface area contributed by atoms with Crippen molar-refractivity contribution in [1.82, 2.24) is 9.97 Å². The Morgan fingerprint density at radius 1 is 1.18 bits per heavy atom. The zero-order valence-corrected chi connectivity index (χ0v) is 11.6. The molecule has 3 rings (SSSR count). The minimum absolute atomic E-state index is 0.342. The topological polar surface area (TPSA) is 57.8 Å². The number of aromatic amines is 1. The van der Waals surface area contributed by atoms with Crippen molar-refractivity contribution in [2.45, 2.75) is 25.4 Å². The average Bonchev–Trinajstić information content (AvgIpc) is 2.71. The van der Waals surface area contributed by atoms with E-state index in [9.17, 15) is 18.0 Å². The number of anilines is 1. The Labute approximate surface area is 124 Å². The van der Waals surface area contributed by atoms with E-state index < -0.39 is 17.4 Å². The van der Waals surface area contributed by atoms with E-state index in [0.717, 1.165) is 30.5 Å². The number of halogens is 3. The molecule has 0 radical (unpaired) electrons. The van der Waals surface area contributed by atoms with Crippen LogP contribution in [0.15, 0.2) is 29.1 Å². The highest BCUT2D eigenvalue weighted by molar-refractivity contribution is 5.69. The van der Waals surface area contributed by atoms with Crippen LogP contribution in [0.5, 0.6) is 0 Å². The molecule has 1 aromatic heterocycles. The van der Waals surface area contributed by atoms with Gasteiger partial charge in [0, 0.05) is 12.1 Å². The Balaban J connectivity index is 2.16. The molecule has 0 unspecified atom stereocenters. The van der Waals surface area contributed by atoms with Gasteiger partial charge in [-0.3, -0.25) is 0 Å². The van der Waals surface area contributed by atoms with Crippen molar-refractivity contribution in [1.29, 1.82) is 0 Å². The zero-order valence-electron chi connectivity index (χ0n) is 11.6. The number of nitrogens with zero attached hydrogens (tertiary/aromatic N) is 1. The summed E-state index contributed by atoms with van der Waals surface area (Å²) in [5.74, 6) is 0.466. The molecular formula is C15H14F3N3O. The standard InChI is InChI=1S/C15H14F3N3O/c16-15(17,18)10-5-3-4-9(8-10)12-11-6-1-2-7-19-13(11)21-14(22)20-12/h3-5,8H,1-2,6-7H2,(H2,19,20,21,22). The fraction of sp³-hybridized carbons (Fsp3) is 0.333. The summed E-state index contributed by atoms with van der Waals surface area (Å²) in [5, 5.41) is 3.07. The van der Waals surface area contributed by atoms with Crippen molar-refractivity contribution in [3.8, 4) is 11.3 Å². The molecule has 0 bridgehead atoms. The molecule has 22 heavy (non-hydrogen) atoms. The number of alkyl halides is 3. The summed E-state index contributed by atoms with van der Waals surface area (Å²) in [6.07, 6.45) is -1.94. The van der Waals surface area contributed by atoms with Gasteiger partial charge in [0.15, 0.2) is 0 Å². The van der Waals surface area contributed by atoms with Crippen molar-refractivity contribution < 1.29 is 13.2 Å². The third-order valence-electron chi connectivity index (χ3n) is 3.66. The minimum atomic E-state index is -4.42. The molecule has 116 valence electrons. The van der Waals surface area contributed by atoms with Gasteiger partial charge in [0.25, 0.3) is 0 Å². The van der Waals surface area contributed by atoms with Crippen molar-refractivity contribution >= 4 is 5.82 Å². The number of rotatable bonds is 1. The lowest BCUT2D eigenvalue weighted by atomic mass is 10.0. The van der Waals surface area contributed by atoms with E-state index >= 15 is 0 Å². The first-order chi connectivity index (χ1) is 10.4. The molecule has 2 aromatic rings. The highest BCUT2D eigenvalue weighted by Gasteiger charge is 2.30. The highest BCUT2D eigenvalue weighted by Crippen LogP contribution is 2.33. The first-order valence-corrected chi connectivity index (χ1v) is 7.00. The van der Waals surface area contributed by atoms with Gasteiger partial charge in [0.05, 0.1) is 11.3 Å². The number of H-pyrrole nitrogens is 1. The van der Waals surface area contributed by atoms with E-state index in [1.54, 1.807) is 6.07 Å². The van der Waals surface area contributed by atoms with Crippen LogP contribution in [0.25, 0.3) is 11.3 Å². The van der Waals surface area contributed by atoms with Crippen LogP contribution in [0.2, 0.25) is 0 Å². The number of benzene rings is 1. The smallest absolute Gasteiger partial charge is 0.370 e. The van der Waals surface area contributed by atoms with Crippen LogP contribution in [0.1, 0.15) is 24.0 Å².